The second kappa shape index (κ2) is 10.6. The molecule has 178 valence electrons. The van der Waals surface area contributed by atoms with Crippen LogP contribution in [-0.2, 0) is 27.2 Å². The smallest absolute Gasteiger partial charge is 0.311 e. The lowest BCUT2D eigenvalue weighted by molar-refractivity contribution is -0.147. The van der Waals surface area contributed by atoms with E-state index in [-0.39, 0.29) is 12.8 Å². The van der Waals surface area contributed by atoms with Crippen molar-refractivity contribution in [3.63, 3.8) is 0 Å². The van der Waals surface area contributed by atoms with E-state index >= 15 is 0 Å². The first-order valence-electron chi connectivity index (χ1n) is 11.1. The standard InChI is InChI=1S/C28H24ClNO5/c1-17-24(16-27(33)34-18(2)23-5-3-4-6-25(23)29)28(35-30-17)22-13-11-21(12-14-22)20-9-7-19(8-10-20)15-26(31)32/h3-14,18H,15-16H2,1-2H3,(H,31,32)/t18-/m1/s1. The molecule has 4 rings (SSSR count). The number of aromatic nitrogens is 1. The Balaban J connectivity index is 1.48. The van der Waals surface area contributed by atoms with Gasteiger partial charge < -0.3 is 14.4 Å². The van der Waals surface area contributed by atoms with Crippen molar-refractivity contribution in [3.05, 3.63) is 100 Å². The fraction of sp³-hybridized carbons (Fsp3) is 0.179. The molecule has 0 amide bonds. The van der Waals surface area contributed by atoms with Crippen LogP contribution in [0.4, 0.5) is 0 Å². The summed E-state index contributed by atoms with van der Waals surface area (Å²) >= 11 is 6.22. The summed E-state index contributed by atoms with van der Waals surface area (Å²) in [6.07, 6.45) is -0.473. The van der Waals surface area contributed by atoms with Gasteiger partial charge in [-0.05, 0) is 36.6 Å². The van der Waals surface area contributed by atoms with Crippen molar-refractivity contribution < 1.29 is 24.0 Å². The highest BCUT2D eigenvalue weighted by molar-refractivity contribution is 6.31. The molecule has 35 heavy (non-hydrogen) atoms. The van der Waals surface area contributed by atoms with E-state index in [2.05, 4.69) is 5.16 Å². The van der Waals surface area contributed by atoms with Crippen molar-refractivity contribution >= 4 is 23.5 Å². The fourth-order valence-corrected chi connectivity index (χ4v) is 4.17. The van der Waals surface area contributed by atoms with Crippen molar-refractivity contribution in [2.24, 2.45) is 0 Å². The topological polar surface area (TPSA) is 89.6 Å². The summed E-state index contributed by atoms with van der Waals surface area (Å²) in [5.41, 5.74) is 5.52. The first kappa shape index (κ1) is 24.2. The number of hydrogen-bond acceptors (Lipinski definition) is 5. The van der Waals surface area contributed by atoms with Crippen LogP contribution < -0.4 is 0 Å². The molecule has 0 aliphatic rings. The molecule has 0 saturated carbocycles. The van der Waals surface area contributed by atoms with Gasteiger partial charge in [-0.25, -0.2) is 0 Å². The number of carboxylic acid groups (broad SMARTS) is 1. The van der Waals surface area contributed by atoms with E-state index in [0.29, 0.717) is 22.0 Å². The largest absolute Gasteiger partial charge is 0.481 e. The van der Waals surface area contributed by atoms with Crippen LogP contribution in [0.2, 0.25) is 5.02 Å². The number of halogens is 1. The molecule has 1 N–H and O–H groups in total. The highest BCUT2D eigenvalue weighted by atomic mass is 35.5. The molecule has 7 heteroatoms. The van der Waals surface area contributed by atoms with Crippen LogP contribution in [0.3, 0.4) is 0 Å². The van der Waals surface area contributed by atoms with Crippen LogP contribution in [0.25, 0.3) is 22.5 Å². The minimum atomic E-state index is -0.859. The maximum absolute atomic E-state index is 12.7. The number of esters is 1. The molecular formula is C28H24ClNO5. The zero-order valence-corrected chi connectivity index (χ0v) is 20.1. The summed E-state index contributed by atoms with van der Waals surface area (Å²) in [6, 6.07) is 22.4. The van der Waals surface area contributed by atoms with Crippen LogP contribution in [0, 0.1) is 6.92 Å². The number of ether oxygens (including phenoxy) is 1. The summed E-state index contributed by atoms with van der Waals surface area (Å²) in [7, 11) is 0. The van der Waals surface area contributed by atoms with Gasteiger partial charge in [0.1, 0.15) is 6.10 Å². The molecule has 1 atom stereocenters. The predicted octanol–water partition coefficient (Wildman–Crippen LogP) is 6.44. The lowest BCUT2D eigenvalue weighted by Gasteiger charge is -2.15. The second-order valence-corrected chi connectivity index (χ2v) is 8.66. The van der Waals surface area contributed by atoms with E-state index in [1.54, 1.807) is 19.9 Å². The van der Waals surface area contributed by atoms with Gasteiger partial charge in [0.25, 0.3) is 0 Å². The summed E-state index contributed by atoms with van der Waals surface area (Å²) < 4.78 is 11.2. The number of carboxylic acids is 1. The lowest BCUT2D eigenvalue weighted by Crippen LogP contribution is -2.12. The van der Waals surface area contributed by atoms with E-state index < -0.39 is 18.0 Å². The Morgan fingerprint density at radius 3 is 2.17 bits per heavy atom. The summed E-state index contributed by atoms with van der Waals surface area (Å²) in [5, 5.41) is 13.5. The van der Waals surface area contributed by atoms with Gasteiger partial charge in [-0.1, -0.05) is 83.5 Å². The molecule has 1 heterocycles. The van der Waals surface area contributed by atoms with E-state index in [1.807, 2.05) is 66.7 Å². The molecule has 0 aliphatic carbocycles. The van der Waals surface area contributed by atoms with Crippen molar-refractivity contribution in [1.82, 2.24) is 5.16 Å². The predicted molar refractivity (Wildman–Crippen MR) is 133 cm³/mol. The maximum Gasteiger partial charge on any atom is 0.311 e. The van der Waals surface area contributed by atoms with E-state index in [0.717, 1.165) is 27.8 Å². The number of nitrogens with zero attached hydrogens (tertiary/aromatic N) is 1. The average Bonchev–Trinajstić information content (AvgIpc) is 3.19. The number of carbonyl (C=O) groups excluding carboxylic acids is 1. The number of rotatable bonds is 8. The minimum Gasteiger partial charge on any atom is -0.481 e. The second-order valence-electron chi connectivity index (χ2n) is 8.25. The van der Waals surface area contributed by atoms with Crippen LogP contribution in [0.1, 0.15) is 35.4 Å². The maximum atomic E-state index is 12.7. The van der Waals surface area contributed by atoms with E-state index in [9.17, 15) is 9.59 Å². The fourth-order valence-electron chi connectivity index (χ4n) is 3.88. The number of aliphatic carboxylic acids is 1. The molecule has 6 nitrogen and oxygen atoms in total. The highest BCUT2D eigenvalue weighted by Gasteiger charge is 2.21. The molecular weight excluding hydrogens is 466 g/mol. The van der Waals surface area contributed by atoms with Gasteiger partial charge in [0.05, 0.1) is 18.5 Å². The van der Waals surface area contributed by atoms with Crippen LogP contribution in [-0.4, -0.2) is 22.2 Å². The summed E-state index contributed by atoms with van der Waals surface area (Å²) in [6.45, 7) is 3.58. The average molecular weight is 490 g/mol. The molecule has 0 bridgehead atoms. The first-order valence-corrected chi connectivity index (χ1v) is 11.5. The SMILES string of the molecule is Cc1noc(-c2ccc(-c3ccc(CC(=O)O)cc3)cc2)c1CC(=O)O[C@H](C)c1ccccc1Cl. The quantitative estimate of drug-likeness (QED) is 0.286. The van der Waals surface area contributed by atoms with Gasteiger partial charge >= 0.3 is 11.9 Å². The Morgan fingerprint density at radius 2 is 1.54 bits per heavy atom. The Bertz CT molecular complexity index is 1340. The molecule has 0 radical (unpaired) electrons. The minimum absolute atomic E-state index is 0.00750. The van der Waals surface area contributed by atoms with Crippen LogP contribution >= 0.6 is 11.6 Å². The molecule has 0 fully saturated rings. The third-order valence-electron chi connectivity index (χ3n) is 5.75. The van der Waals surface area contributed by atoms with Gasteiger partial charge in [-0.3, -0.25) is 9.59 Å². The molecule has 0 aliphatic heterocycles. The Kier molecular flexibility index (Phi) is 7.32. The number of carbonyl (C=O) groups is 2. The third kappa shape index (κ3) is 5.78. The number of aryl methyl sites for hydroxylation is 1. The van der Waals surface area contributed by atoms with Gasteiger partial charge in [0.2, 0.25) is 0 Å². The molecule has 0 saturated heterocycles. The van der Waals surface area contributed by atoms with Crippen molar-refractivity contribution in [2.45, 2.75) is 32.8 Å². The zero-order chi connectivity index (χ0) is 24.9. The Morgan fingerprint density at radius 1 is 0.943 bits per heavy atom. The molecule has 1 aromatic heterocycles. The third-order valence-corrected chi connectivity index (χ3v) is 6.09. The van der Waals surface area contributed by atoms with Gasteiger partial charge in [-0.2, -0.15) is 0 Å². The Labute approximate surface area is 208 Å². The summed E-state index contributed by atoms with van der Waals surface area (Å²) in [5.74, 6) is -0.737. The lowest BCUT2D eigenvalue weighted by atomic mass is 9.99. The van der Waals surface area contributed by atoms with Crippen molar-refractivity contribution in [2.75, 3.05) is 0 Å². The van der Waals surface area contributed by atoms with Gasteiger partial charge in [0.15, 0.2) is 5.76 Å². The van der Waals surface area contributed by atoms with E-state index in [4.69, 9.17) is 26.0 Å². The van der Waals surface area contributed by atoms with Gasteiger partial charge in [-0.15, -0.1) is 0 Å². The number of hydrogen-bond donors (Lipinski definition) is 1. The zero-order valence-electron chi connectivity index (χ0n) is 19.3. The highest BCUT2D eigenvalue weighted by Crippen LogP contribution is 2.31. The first-order chi connectivity index (χ1) is 16.8. The van der Waals surface area contributed by atoms with Crippen molar-refractivity contribution in [1.29, 1.82) is 0 Å². The molecule has 0 spiro atoms. The van der Waals surface area contributed by atoms with Crippen LogP contribution in [0.5, 0.6) is 0 Å². The molecule has 0 unspecified atom stereocenters. The van der Waals surface area contributed by atoms with E-state index in [1.165, 1.54) is 0 Å². The molecule has 3 aromatic carbocycles. The van der Waals surface area contributed by atoms with Crippen LogP contribution in [0.15, 0.2) is 77.3 Å². The Hall–Kier alpha value is -3.90. The summed E-state index contributed by atoms with van der Waals surface area (Å²) in [4.78, 5) is 23.6. The molecule has 4 aromatic rings. The number of benzene rings is 3. The van der Waals surface area contributed by atoms with Crippen molar-refractivity contribution in [3.8, 4) is 22.5 Å². The van der Waals surface area contributed by atoms with Gasteiger partial charge in [0, 0.05) is 21.7 Å². The normalized spacial score (nSPS) is 11.7. The monoisotopic (exact) mass is 489 g/mol.